The van der Waals surface area contributed by atoms with Gasteiger partial charge in [0.1, 0.15) is 0 Å². The SMILES string of the molecule is O=[N+]([O-])c1ccc(CCO)c(CCO)c1. The minimum atomic E-state index is -0.469. The highest BCUT2D eigenvalue weighted by Crippen LogP contribution is 2.18. The van der Waals surface area contributed by atoms with Crippen LogP contribution in [0.25, 0.3) is 0 Å². The van der Waals surface area contributed by atoms with Crippen molar-refractivity contribution >= 4 is 5.69 Å². The van der Waals surface area contributed by atoms with Crippen molar-refractivity contribution in [2.75, 3.05) is 13.2 Å². The van der Waals surface area contributed by atoms with Gasteiger partial charge >= 0.3 is 0 Å². The molecule has 0 saturated carbocycles. The zero-order valence-corrected chi connectivity index (χ0v) is 8.22. The molecule has 2 N–H and O–H groups in total. The molecular weight excluding hydrogens is 198 g/mol. The fourth-order valence-corrected chi connectivity index (χ4v) is 1.44. The van der Waals surface area contributed by atoms with E-state index in [0.717, 1.165) is 11.1 Å². The molecule has 0 aliphatic heterocycles. The van der Waals surface area contributed by atoms with Crippen molar-refractivity contribution in [2.45, 2.75) is 12.8 Å². The molecule has 1 aromatic carbocycles. The minimum absolute atomic E-state index is 0.00373. The van der Waals surface area contributed by atoms with Crippen LogP contribution in [-0.4, -0.2) is 28.4 Å². The van der Waals surface area contributed by atoms with E-state index in [0.29, 0.717) is 12.8 Å². The fourth-order valence-electron chi connectivity index (χ4n) is 1.44. The van der Waals surface area contributed by atoms with Gasteiger partial charge in [0.15, 0.2) is 0 Å². The zero-order chi connectivity index (χ0) is 11.3. The zero-order valence-electron chi connectivity index (χ0n) is 8.22. The maximum atomic E-state index is 10.5. The quantitative estimate of drug-likeness (QED) is 0.553. The average molecular weight is 211 g/mol. The Kier molecular flexibility index (Phi) is 4.20. The van der Waals surface area contributed by atoms with Crippen LogP contribution in [0.15, 0.2) is 18.2 Å². The topological polar surface area (TPSA) is 83.6 Å². The highest BCUT2D eigenvalue weighted by molar-refractivity contribution is 5.40. The molecule has 0 atom stereocenters. The molecule has 0 amide bonds. The van der Waals surface area contributed by atoms with E-state index in [2.05, 4.69) is 0 Å². The van der Waals surface area contributed by atoms with Gasteiger partial charge in [-0.15, -0.1) is 0 Å². The highest BCUT2D eigenvalue weighted by Gasteiger charge is 2.09. The Hall–Kier alpha value is -1.46. The van der Waals surface area contributed by atoms with Crippen LogP contribution in [0, 0.1) is 10.1 Å². The Balaban J connectivity index is 3.02. The Morgan fingerprint density at radius 2 is 1.73 bits per heavy atom. The van der Waals surface area contributed by atoms with Crippen molar-refractivity contribution < 1.29 is 15.1 Å². The van der Waals surface area contributed by atoms with Crippen LogP contribution in [0.2, 0.25) is 0 Å². The molecule has 1 rings (SSSR count). The van der Waals surface area contributed by atoms with Crippen molar-refractivity contribution in [2.24, 2.45) is 0 Å². The molecule has 0 unspecified atom stereocenters. The molecule has 15 heavy (non-hydrogen) atoms. The van der Waals surface area contributed by atoms with E-state index in [4.69, 9.17) is 10.2 Å². The molecule has 0 aliphatic rings. The third kappa shape index (κ3) is 3.00. The second-order valence-corrected chi connectivity index (χ2v) is 3.16. The van der Waals surface area contributed by atoms with Crippen molar-refractivity contribution in [1.82, 2.24) is 0 Å². The van der Waals surface area contributed by atoms with Crippen molar-refractivity contribution in [3.63, 3.8) is 0 Å². The molecular formula is C10H13NO4. The summed E-state index contributed by atoms with van der Waals surface area (Å²) in [5.41, 5.74) is 1.58. The summed E-state index contributed by atoms with van der Waals surface area (Å²) in [6.07, 6.45) is 0.824. The van der Waals surface area contributed by atoms with Crippen LogP contribution in [-0.2, 0) is 12.8 Å². The van der Waals surface area contributed by atoms with Gasteiger partial charge < -0.3 is 10.2 Å². The lowest BCUT2D eigenvalue weighted by atomic mass is 10.0. The van der Waals surface area contributed by atoms with Gasteiger partial charge in [-0.3, -0.25) is 10.1 Å². The molecule has 5 heteroatoms. The third-order valence-electron chi connectivity index (χ3n) is 2.16. The highest BCUT2D eigenvalue weighted by atomic mass is 16.6. The normalized spacial score (nSPS) is 10.3. The largest absolute Gasteiger partial charge is 0.396 e. The van der Waals surface area contributed by atoms with Crippen molar-refractivity contribution in [1.29, 1.82) is 0 Å². The summed E-state index contributed by atoms with van der Waals surface area (Å²) in [5.74, 6) is 0. The molecule has 0 fully saturated rings. The van der Waals surface area contributed by atoms with Crippen LogP contribution in [0.3, 0.4) is 0 Å². The number of hydrogen-bond donors (Lipinski definition) is 2. The van der Waals surface area contributed by atoms with E-state index in [-0.39, 0.29) is 18.9 Å². The van der Waals surface area contributed by atoms with Gasteiger partial charge in [0.05, 0.1) is 4.92 Å². The lowest BCUT2D eigenvalue weighted by Gasteiger charge is -2.06. The monoisotopic (exact) mass is 211 g/mol. The molecule has 0 spiro atoms. The summed E-state index contributed by atoms with van der Waals surface area (Å²) in [4.78, 5) is 10.1. The van der Waals surface area contributed by atoms with E-state index in [1.807, 2.05) is 0 Å². The molecule has 5 nitrogen and oxygen atoms in total. The van der Waals surface area contributed by atoms with Crippen LogP contribution in [0.1, 0.15) is 11.1 Å². The average Bonchev–Trinajstić information content (AvgIpc) is 2.21. The summed E-state index contributed by atoms with van der Waals surface area (Å²) in [6.45, 7) is -0.0597. The number of non-ortho nitro benzene ring substituents is 1. The maximum absolute atomic E-state index is 10.5. The Labute approximate surface area is 87.1 Å². The molecule has 0 saturated heterocycles. The molecule has 0 aliphatic carbocycles. The lowest BCUT2D eigenvalue weighted by Crippen LogP contribution is -2.01. The van der Waals surface area contributed by atoms with Gasteiger partial charge in [0.25, 0.3) is 5.69 Å². The summed E-state index contributed by atoms with van der Waals surface area (Å²) in [6, 6.07) is 4.48. The van der Waals surface area contributed by atoms with E-state index >= 15 is 0 Å². The predicted molar refractivity (Wildman–Crippen MR) is 54.7 cm³/mol. The first-order chi connectivity index (χ1) is 7.19. The molecule has 82 valence electrons. The number of benzene rings is 1. The molecule has 0 heterocycles. The van der Waals surface area contributed by atoms with Gasteiger partial charge in [-0.25, -0.2) is 0 Å². The van der Waals surface area contributed by atoms with Gasteiger partial charge in [-0.1, -0.05) is 6.07 Å². The Morgan fingerprint density at radius 3 is 2.27 bits per heavy atom. The van der Waals surface area contributed by atoms with E-state index in [1.54, 1.807) is 6.07 Å². The number of aliphatic hydroxyl groups excluding tert-OH is 2. The second kappa shape index (κ2) is 5.43. The van der Waals surface area contributed by atoms with E-state index in [9.17, 15) is 10.1 Å². The number of nitro groups is 1. The molecule has 0 bridgehead atoms. The second-order valence-electron chi connectivity index (χ2n) is 3.16. The first-order valence-corrected chi connectivity index (χ1v) is 4.67. The lowest BCUT2D eigenvalue weighted by molar-refractivity contribution is -0.384. The van der Waals surface area contributed by atoms with Gasteiger partial charge in [-0.05, 0) is 24.0 Å². The van der Waals surface area contributed by atoms with E-state index < -0.39 is 4.92 Å². The molecule has 1 aromatic rings. The first kappa shape index (κ1) is 11.6. The van der Waals surface area contributed by atoms with E-state index in [1.165, 1.54) is 12.1 Å². The van der Waals surface area contributed by atoms with Crippen molar-refractivity contribution in [3.8, 4) is 0 Å². The Bertz CT molecular complexity index is 351. The summed E-state index contributed by atoms with van der Waals surface area (Å²) in [5, 5.41) is 28.1. The number of hydrogen-bond acceptors (Lipinski definition) is 4. The molecule has 0 aromatic heterocycles. The molecule has 0 radical (unpaired) electrons. The summed E-state index contributed by atoms with van der Waals surface area (Å²) < 4.78 is 0. The van der Waals surface area contributed by atoms with Gasteiger partial charge in [0, 0.05) is 25.3 Å². The smallest absolute Gasteiger partial charge is 0.269 e. The van der Waals surface area contributed by atoms with Crippen LogP contribution in [0.5, 0.6) is 0 Å². The van der Waals surface area contributed by atoms with Crippen LogP contribution < -0.4 is 0 Å². The van der Waals surface area contributed by atoms with Crippen LogP contribution in [0.4, 0.5) is 5.69 Å². The first-order valence-electron chi connectivity index (χ1n) is 4.67. The number of nitro benzene ring substituents is 1. The van der Waals surface area contributed by atoms with Crippen molar-refractivity contribution in [3.05, 3.63) is 39.4 Å². The summed E-state index contributed by atoms with van der Waals surface area (Å²) in [7, 11) is 0. The summed E-state index contributed by atoms with van der Waals surface area (Å²) >= 11 is 0. The maximum Gasteiger partial charge on any atom is 0.269 e. The predicted octanol–water partition coefficient (Wildman–Crippen LogP) is 0.664. The minimum Gasteiger partial charge on any atom is -0.396 e. The van der Waals surface area contributed by atoms with Gasteiger partial charge in [-0.2, -0.15) is 0 Å². The number of aliphatic hydroxyl groups is 2. The fraction of sp³-hybridized carbons (Fsp3) is 0.400. The van der Waals surface area contributed by atoms with Crippen LogP contribution >= 0.6 is 0 Å². The number of rotatable bonds is 5. The third-order valence-corrected chi connectivity index (χ3v) is 2.16. The Morgan fingerprint density at radius 1 is 1.13 bits per heavy atom. The van der Waals surface area contributed by atoms with Gasteiger partial charge in [0.2, 0.25) is 0 Å². The number of nitrogens with zero attached hydrogens (tertiary/aromatic N) is 1. The standard InChI is InChI=1S/C10H13NO4/c12-5-3-8-1-2-10(11(14)15)7-9(8)4-6-13/h1-2,7,12-13H,3-6H2.